The summed E-state index contributed by atoms with van der Waals surface area (Å²) >= 11 is 0. The Morgan fingerprint density at radius 1 is 1.29 bits per heavy atom. The van der Waals surface area contributed by atoms with Crippen LogP contribution in [0.15, 0.2) is 29.5 Å². The smallest absolute Gasteiger partial charge is 0.225 e. The van der Waals surface area contributed by atoms with Crippen molar-refractivity contribution in [3.05, 3.63) is 30.1 Å². The largest absolute Gasteiger partial charge is 0.357 e. The lowest BCUT2D eigenvalue weighted by molar-refractivity contribution is -0.135. The highest BCUT2D eigenvalue weighted by molar-refractivity contribution is 14.0. The SMILES string of the molecule is CCNC(=NCCc1cccnc1)NC1CCN(C(=O)C2CCCCC2)C1.I. The van der Waals surface area contributed by atoms with Crippen LogP contribution in [0.3, 0.4) is 0 Å². The first-order chi connectivity index (χ1) is 13.3. The number of aromatic nitrogens is 1. The standard InChI is InChI=1S/C21H33N5O.HI/c1-2-23-21(24-13-10-17-7-6-12-22-15-17)25-19-11-14-26(16-19)20(27)18-8-4-3-5-9-18;/h6-7,12,15,18-19H,2-5,8-11,13-14,16H2,1H3,(H2,23,24,25);1H. The second-order valence-corrected chi connectivity index (χ2v) is 7.62. The molecule has 1 amide bonds. The van der Waals surface area contributed by atoms with Crippen molar-refractivity contribution in [2.45, 2.75) is 57.9 Å². The predicted octanol–water partition coefficient (Wildman–Crippen LogP) is 2.98. The van der Waals surface area contributed by atoms with Crippen molar-refractivity contribution in [1.29, 1.82) is 0 Å². The van der Waals surface area contributed by atoms with Crippen LogP contribution in [0.2, 0.25) is 0 Å². The number of nitrogens with one attached hydrogen (secondary N) is 2. The highest BCUT2D eigenvalue weighted by Crippen LogP contribution is 2.26. The Bertz CT molecular complexity index is 618. The maximum absolute atomic E-state index is 12.7. The van der Waals surface area contributed by atoms with Gasteiger partial charge in [0.15, 0.2) is 5.96 Å². The highest BCUT2D eigenvalue weighted by Gasteiger charge is 2.31. The first-order valence-electron chi connectivity index (χ1n) is 10.5. The third kappa shape index (κ3) is 6.90. The number of pyridine rings is 1. The van der Waals surface area contributed by atoms with Gasteiger partial charge in [0.25, 0.3) is 0 Å². The minimum atomic E-state index is 0. The number of carbonyl (C=O) groups excluding carboxylic acids is 1. The van der Waals surface area contributed by atoms with Crippen molar-refractivity contribution in [3.63, 3.8) is 0 Å². The molecule has 1 aromatic heterocycles. The summed E-state index contributed by atoms with van der Waals surface area (Å²) in [6.07, 6.45) is 11.4. The summed E-state index contributed by atoms with van der Waals surface area (Å²) in [7, 11) is 0. The number of likely N-dealkylation sites (tertiary alicyclic amines) is 1. The van der Waals surface area contributed by atoms with Gasteiger partial charge in [-0.15, -0.1) is 24.0 Å². The average Bonchev–Trinajstić information content (AvgIpc) is 3.17. The number of hydrogen-bond acceptors (Lipinski definition) is 3. The molecule has 1 unspecified atom stereocenters. The van der Waals surface area contributed by atoms with Crippen molar-refractivity contribution in [3.8, 4) is 0 Å². The lowest BCUT2D eigenvalue weighted by atomic mass is 9.88. The normalized spacial score (nSPS) is 20.5. The molecule has 28 heavy (non-hydrogen) atoms. The Balaban J connectivity index is 0.00000280. The third-order valence-electron chi connectivity index (χ3n) is 5.53. The Hall–Kier alpha value is -1.38. The van der Waals surface area contributed by atoms with Crippen molar-refractivity contribution in [2.24, 2.45) is 10.9 Å². The van der Waals surface area contributed by atoms with Crippen LogP contribution in [-0.2, 0) is 11.2 Å². The molecule has 0 aromatic carbocycles. The monoisotopic (exact) mass is 499 g/mol. The zero-order valence-corrected chi connectivity index (χ0v) is 19.2. The number of nitrogens with zero attached hydrogens (tertiary/aromatic N) is 3. The molecule has 1 saturated carbocycles. The van der Waals surface area contributed by atoms with Crippen LogP contribution in [0.25, 0.3) is 0 Å². The van der Waals surface area contributed by atoms with Crippen LogP contribution in [0, 0.1) is 5.92 Å². The summed E-state index contributed by atoms with van der Waals surface area (Å²) < 4.78 is 0. The molecular weight excluding hydrogens is 465 g/mol. The van der Waals surface area contributed by atoms with Crippen molar-refractivity contribution in [1.82, 2.24) is 20.5 Å². The van der Waals surface area contributed by atoms with Crippen LogP contribution in [0.4, 0.5) is 0 Å². The van der Waals surface area contributed by atoms with E-state index in [0.717, 1.165) is 57.8 Å². The van der Waals surface area contributed by atoms with E-state index < -0.39 is 0 Å². The fourth-order valence-corrected chi connectivity index (χ4v) is 4.04. The maximum atomic E-state index is 12.7. The minimum Gasteiger partial charge on any atom is -0.357 e. The molecule has 1 aliphatic heterocycles. The lowest BCUT2D eigenvalue weighted by Gasteiger charge is -2.26. The molecule has 1 aromatic rings. The fraction of sp³-hybridized carbons (Fsp3) is 0.667. The summed E-state index contributed by atoms with van der Waals surface area (Å²) in [4.78, 5) is 23.6. The van der Waals surface area contributed by atoms with Crippen LogP contribution in [0.5, 0.6) is 0 Å². The number of hydrogen-bond donors (Lipinski definition) is 2. The summed E-state index contributed by atoms with van der Waals surface area (Å²) in [5.74, 6) is 1.48. The van der Waals surface area contributed by atoms with E-state index >= 15 is 0 Å². The van der Waals surface area contributed by atoms with Crippen LogP contribution >= 0.6 is 24.0 Å². The first-order valence-corrected chi connectivity index (χ1v) is 10.5. The van der Waals surface area contributed by atoms with E-state index in [4.69, 9.17) is 4.99 Å². The number of aliphatic imine (C=N–C) groups is 1. The van der Waals surface area contributed by atoms with Gasteiger partial charge in [-0.05, 0) is 44.2 Å². The van der Waals surface area contributed by atoms with Gasteiger partial charge in [-0.3, -0.25) is 14.8 Å². The molecule has 0 bridgehead atoms. The van der Waals surface area contributed by atoms with Gasteiger partial charge in [0.1, 0.15) is 0 Å². The maximum Gasteiger partial charge on any atom is 0.225 e. The Labute approximate surface area is 186 Å². The molecule has 2 aliphatic rings. The first kappa shape index (κ1) is 22.9. The predicted molar refractivity (Wildman–Crippen MR) is 124 cm³/mol. The average molecular weight is 499 g/mol. The molecule has 7 heteroatoms. The van der Waals surface area contributed by atoms with Crippen LogP contribution < -0.4 is 10.6 Å². The third-order valence-corrected chi connectivity index (χ3v) is 5.53. The molecule has 1 aliphatic carbocycles. The molecule has 2 N–H and O–H groups in total. The number of guanidine groups is 1. The van der Waals surface area contributed by atoms with Gasteiger partial charge in [-0.1, -0.05) is 25.3 Å². The molecule has 1 saturated heterocycles. The molecule has 156 valence electrons. The van der Waals surface area contributed by atoms with Crippen molar-refractivity contribution < 1.29 is 4.79 Å². The van der Waals surface area contributed by atoms with E-state index in [9.17, 15) is 4.79 Å². The fourth-order valence-electron chi connectivity index (χ4n) is 4.04. The quantitative estimate of drug-likeness (QED) is 0.359. The van der Waals surface area contributed by atoms with Crippen molar-refractivity contribution >= 4 is 35.8 Å². The number of halogens is 1. The van der Waals surface area contributed by atoms with E-state index in [1.807, 2.05) is 12.3 Å². The topological polar surface area (TPSA) is 69.6 Å². The molecule has 3 rings (SSSR count). The van der Waals surface area contributed by atoms with Gasteiger partial charge in [-0.25, -0.2) is 0 Å². The van der Waals surface area contributed by atoms with Crippen molar-refractivity contribution in [2.75, 3.05) is 26.2 Å². The Morgan fingerprint density at radius 3 is 2.82 bits per heavy atom. The summed E-state index contributed by atoms with van der Waals surface area (Å²) in [5, 5.41) is 6.84. The van der Waals surface area contributed by atoms with Gasteiger partial charge in [0, 0.05) is 50.5 Å². The second-order valence-electron chi connectivity index (χ2n) is 7.62. The minimum absolute atomic E-state index is 0. The molecule has 1 atom stereocenters. The molecular formula is C21H34IN5O. The Morgan fingerprint density at radius 2 is 2.11 bits per heavy atom. The zero-order chi connectivity index (χ0) is 18.9. The second kappa shape index (κ2) is 12.2. The van der Waals surface area contributed by atoms with Gasteiger partial charge in [0.2, 0.25) is 5.91 Å². The number of amides is 1. The summed E-state index contributed by atoms with van der Waals surface area (Å²) in [6, 6.07) is 4.32. The van der Waals surface area contributed by atoms with Gasteiger partial charge in [0.05, 0.1) is 0 Å². The van der Waals surface area contributed by atoms with Crippen LogP contribution in [-0.4, -0.2) is 54.0 Å². The lowest BCUT2D eigenvalue weighted by Crippen LogP contribution is -2.45. The number of rotatable bonds is 6. The number of carbonyl (C=O) groups is 1. The van der Waals surface area contributed by atoms with E-state index in [-0.39, 0.29) is 35.9 Å². The van der Waals surface area contributed by atoms with E-state index in [1.165, 1.54) is 24.8 Å². The van der Waals surface area contributed by atoms with E-state index in [1.54, 1.807) is 6.20 Å². The van der Waals surface area contributed by atoms with Crippen LogP contribution in [0.1, 0.15) is 51.0 Å². The molecule has 6 nitrogen and oxygen atoms in total. The molecule has 2 fully saturated rings. The Kier molecular flexibility index (Phi) is 10.0. The zero-order valence-electron chi connectivity index (χ0n) is 16.9. The van der Waals surface area contributed by atoms with E-state index in [0.29, 0.717) is 5.91 Å². The molecule has 2 heterocycles. The summed E-state index contributed by atoms with van der Waals surface area (Å²) in [6.45, 7) is 5.28. The molecule has 0 spiro atoms. The van der Waals surface area contributed by atoms with Gasteiger partial charge in [-0.2, -0.15) is 0 Å². The van der Waals surface area contributed by atoms with E-state index in [2.05, 4.69) is 33.5 Å². The summed E-state index contributed by atoms with van der Waals surface area (Å²) in [5.41, 5.74) is 1.20. The van der Waals surface area contributed by atoms with Gasteiger partial charge < -0.3 is 15.5 Å². The molecule has 0 radical (unpaired) electrons. The van der Waals surface area contributed by atoms with Gasteiger partial charge >= 0.3 is 0 Å². The highest BCUT2D eigenvalue weighted by atomic mass is 127.